The highest BCUT2D eigenvalue weighted by molar-refractivity contribution is 6.30. The molecule has 3 rings (SSSR count). The predicted molar refractivity (Wildman–Crippen MR) is 75.4 cm³/mol. The van der Waals surface area contributed by atoms with E-state index in [4.69, 9.17) is 21.1 Å². The van der Waals surface area contributed by atoms with Crippen molar-refractivity contribution in [1.82, 2.24) is 0 Å². The topological polar surface area (TPSA) is 93.1 Å². The number of carbonyl (C=O) groups excluding carboxylic acids is 2. The van der Waals surface area contributed by atoms with Gasteiger partial charge in [-0.25, -0.2) is 9.59 Å². The summed E-state index contributed by atoms with van der Waals surface area (Å²) in [6, 6.07) is 6.37. The van der Waals surface area contributed by atoms with Crippen LogP contribution in [0, 0.1) is 0 Å². The molecule has 0 amide bonds. The van der Waals surface area contributed by atoms with Gasteiger partial charge in [0.05, 0.1) is 17.1 Å². The molecule has 0 spiro atoms. The van der Waals surface area contributed by atoms with E-state index in [1.165, 1.54) is 0 Å². The van der Waals surface area contributed by atoms with E-state index >= 15 is 0 Å². The first-order chi connectivity index (χ1) is 10.5. The van der Waals surface area contributed by atoms with Gasteiger partial charge in [-0.05, 0) is 17.7 Å². The van der Waals surface area contributed by atoms with Gasteiger partial charge in [-0.2, -0.15) is 0 Å². The summed E-state index contributed by atoms with van der Waals surface area (Å²) >= 11 is 5.84. The van der Waals surface area contributed by atoms with Crippen LogP contribution in [0.1, 0.15) is 11.5 Å². The second kappa shape index (κ2) is 5.38. The number of carbonyl (C=O) groups is 2. The molecule has 0 saturated heterocycles. The number of hydrogen-bond donors (Lipinski definition) is 2. The van der Waals surface area contributed by atoms with Crippen LogP contribution >= 0.6 is 11.6 Å². The van der Waals surface area contributed by atoms with Crippen LogP contribution in [0.25, 0.3) is 0 Å². The van der Waals surface area contributed by atoms with Crippen molar-refractivity contribution in [3.63, 3.8) is 0 Å². The van der Waals surface area contributed by atoms with Gasteiger partial charge in [-0.3, -0.25) is 0 Å². The minimum atomic E-state index is -0.970. The second-order valence-corrected chi connectivity index (χ2v) is 5.29. The van der Waals surface area contributed by atoms with Crippen molar-refractivity contribution in [3.05, 3.63) is 57.5 Å². The lowest BCUT2D eigenvalue weighted by Crippen LogP contribution is -2.17. The van der Waals surface area contributed by atoms with Crippen LogP contribution in [0.4, 0.5) is 0 Å². The number of aliphatic hydroxyl groups is 2. The normalized spacial score (nSPS) is 18.3. The third kappa shape index (κ3) is 2.31. The molecule has 0 fully saturated rings. The fraction of sp³-hybridized carbons (Fsp3) is 0.200. The van der Waals surface area contributed by atoms with Crippen molar-refractivity contribution >= 4 is 23.5 Å². The minimum Gasteiger partial charge on any atom is -0.508 e. The van der Waals surface area contributed by atoms with Crippen molar-refractivity contribution < 1.29 is 29.3 Å². The average molecular weight is 323 g/mol. The van der Waals surface area contributed by atoms with Crippen LogP contribution in [0.15, 0.2) is 46.9 Å². The fourth-order valence-electron chi connectivity index (χ4n) is 2.52. The number of rotatable bonds is 3. The summed E-state index contributed by atoms with van der Waals surface area (Å²) < 4.78 is 9.58. The van der Waals surface area contributed by atoms with Crippen LogP contribution in [0.5, 0.6) is 0 Å². The molecule has 2 heterocycles. The summed E-state index contributed by atoms with van der Waals surface area (Å²) in [5, 5.41) is 20.3. The maximum atomic E-state index is 11.9. The largest absolute Gasteiger partial charge is 0.508 e. The highest BCUT2D eigenvalue weighted by Gasteiger charge is 2.41. The standard InChI is InChI=1S/C15H11ClO6/c16-8-3-1-7(2-4-8)11(12-9(17)5-21-14(12)19)13-10(18)6-22-15(13)20/h1-4,11,17-18H,5-6H2. The molecule has 1 aromatic carbocycles. The van der Waals surface area contributed by atoms with E-state index in [1.54, 1.807) is 24.3 Å². The van der Waals surface area contributed by atoms with E-state index in [9.17, 15) is 19.8 Å². The van der Waals surface area contributed by atoms with Crippen LogP contribution in [-0.2, 0) is 19.1 Å². The minimum absolute atomic E-state index is 0.0808. The molecule has 1 aromatic rings. The molecule has 2 N–H and O–H groups in total. The van der Waals surface area contributed by atoms with Gasteiger partial charge in [0.2, 0.25) is 0 Å². The van der Waals surface area contributed by atoms with Gasteiger partial charge in [-0.15, -0.1) is 0 Å². The van der Waals surface area contributed by atoms with E-state index in [2.05, 4.69) is 0 Å². The Morgan fingerprint density at radius 1 is 0.909 bits per heavy atom. The van der Waals surface area contributed by atoms with Gasteiger partial charge in [0.25, 0.3) is 0 Å². The lowest BCUT2D eigenvalue weighted by Gasteiger charge is -2.17. The monoisotopic (exact) mass is 322 g/mol. The van der Waals surface area contributed by atoms with Crippen molar-refractivity contribution in [2.75, 3.05) is 13.2 Å². The summed E-state index contributed by atoms with van der Waals surface area (Å²) in [6.45, 7) is -0.525. The number of halogens is 1. The summed E-state index contributed by atoms with van der Waals surface area (Å²) in [7, 11) is 0. The summed E-state index contributed by atoms with van der Waals surface area (Å²) in [5.74, 6) is -2.99. The zero-order chi connectivity index (χ0) is 15.9. The van der Waals surface area contributed by atoms with Crippen molar-refractivity contribution in [2.24, 2.45) is 0 Å². The molecule has 2 aliphatic heterocycles. The quantitative estimate of drug-likeness (QED) is 0.828. The van der Waals surface area contributed by atoms with E-state index in [0.717, 1.165) is 0 Å². The lowest BCUT2D eigenvalue weighted by atomic mass is 9.84. The number of cyclic esters (lactones) is 2. The van der Waals surface area contributed by atoms with E-state index < -0.39 is 17.9 Å². The Balaban J connectivity index is 2.17. The summed E-state index contributed by atoms with van der Waals surface area (Å²) in [4.78, 5) is 23.8. The molecule has 0 aromatic heterocycles. The molecule has 6 nitrogen and oxygen atoms in total. The van der Waals surface area contributed by atoms with Gasteiger partial charge < -0.3 is 19.7 Å². The van der Waals surface area contributed by atoms with Crippen LogP contribution < -0.4 is 0 Å². The molecule has 0 radical (unpaired) electrons. The zero-order valence-electron chi connectivity index (χ0n) is 11.2. The highest BCUT2D eigenvalue weighted by Crippen LogP contribution is 2.40. The Bertz CT molecular complexity index is 676. The first-order valence-electron chi connectivity index (χ1n) is 6.42. The molecule has 0 saturated carbocycles. The number of aliphatic hydroxyl groups excluding tert-OH is 2. The zero-order valence-corrected chi connectivity index (χ0v) is 12.0. The molecular formula is C15H11ClO6. The van der Waals surface area contributed by atoms with Crippen molar-refractivity contribution in [2.45, 2.75) is 5.92 Å². The number of esters is 2. The molecule has 22 heavy (non-hydrogen) atoms. The Morgan fingerprint density at radius 3 is 1.73 bits per heavy atom. The van der Waals surface area contributed by atoms with Crippen LogP contribution in [0.3, 0.4) is 0 Å². The Kier molecular flexibility index (Phi) is 3.54. The molecule has 2 aliphatic rings. The van der Waals surface area contributed by atoms with Crippen molar-refractivity contribution in [3.8, 4) is 0 Å². The first-order valence-corrected chi connectivity index (χ1v) is 6.80. The molecule has 114 valence electrons. The Labute approximate surface area is 130 Å². The Morgan fingerprint density at radius 2 is 1.36 bits per heavy atom. The molecule has 0 atom stereocenters. The number of hydrogen-bond acceptors (Lipinski definition) is 6. The van der Waals surface area contributed by atoms with E-state index in [-0.39, 0.29) is 35.9 Å². The molecule has 0 aliphatic carbocycles. The third-order valence-electron chi connectivity index (χ3n) is 3.52. The fourth-order valence-corrected chi connectivity index (χ4v) is 2.64. The predicted octanol–water partition coefficient (Wildman–Crippen LogP) is 2.16. The molecule has 0 unspecified atom stereocenters. The second-order valence-electron chi connectivity index (χ2n) is 4.86. The van der Waals surface area contributed by atoms with Crippen LogP contribution in [-0.4, -0.2) is 35.4 Å². The summed E-state index contributed by atoms with van der Waals surface area (Å²) in [6.07, 6.45) is 0. The lowest BCUT2D eigenvalue weighted by molar-refractivity contribution is -0.136. The Hall–Kier alpha value is -2.47. The van der Waals surface area contributed by atoms with Gasteiger partial charge in [0.1, 0.15) is 24.7 Å². The summed E-state index contributed by atoms with van der Waals surface area (Å²) in [5.41, 5.74) is 0.343. The third-order valence-corrected chi connectivity index (χ3v) is 3.77. The van der Waals surface area contributed by atoms with E-state index in [0.29, 0.717) is 10.6 Å². The van der Waals surface area contributed by atoms with Crippen molar-refractivity contribution in [1.29, 1.82) is 0 Å². The molecule has 7 heteroatoms. The van der Waals surface area contributed by atoms with E-state index in [1.807, 2.05) is 0 Å². The van der Waals surface area contributed by atoms with Crippen LogP contribution in [0.2, 0.25) is 5.02 Å². The molecular weight excluding hydrogens is 312 g/mol. The maximum Gasteiger partial charge on any atom is 0.338 e. The number of benzene rings is 1. The molecule has 0 bridgehead atoms. The maximum absolute atomic E-state index is 11.9. The first kappa shape index (κ1) is 14.5. The van der Waals surface area contributed by atoms with Gasteiger partial charge >= 0.3 is 11.9 Å². The number of ether oxygens (including phenoxy) is 2. The SMILES string of the molecule is O=C1OCC(O)=C1C(C1=C(O)COC1=O)c1ccc(Cl)cc1. The smallest absolute Gasteiger partial charge is 0.338 e. The van der Waals surface area contributed by atoms with Gasteiger partial charge in [0, 0.05) is 5.02 Å². The highest BCUT2D eigenvalue weighted by atomic mass is 35.5. The van der Waals surface area contributed by atoms with Gasteiger partial charge in [0.15, 0.2) is 0 Å². The van der Waals surface area contributed by atoms with Gasteiger partial charge in [-0.1, -0.05) is 23.7 Å². The average Bonchev–Trinajstić information content (AvgIpc) is 2.99.